The third-order valence-electron chi connectivity index (χ3n) is 7.12. The van der Waals surface area contributed by atoms with Crippen molar-refractivity contribution in [2.45, 2.75) is 32.6 Å². The predicted octanol–water partition coefficient (Wildman–Crippen LogP) is 4.42. The van der Waals surface area contributed by atoms with Crippen molar-refractivity contribution in [1.29, 1.82) is 0 Å². The normalized spacial score (nSPS) is 17.3. The van der Waals surface area contributed by atoms with Crippen molar-refractivity contribution in [3.63, 3.8) is 0 Å². The summed E-state index contributed by atoms with van der Waals surface area (Å²) in [5, 5.41) is 0. The summed E-state index contributed by atoms with van der Waals surface area (Å²) in [5.74, 6) is 0.686. The van der Waals surface area contributed by atoms with Crippen LogP contribution >= 0.6 is 0 Å². The van der Waals surface area contributed by atoms with Gasteiger partial charge in [-0.05, 0) is 87.9 Å². The maximum atomic E-state index is 13.5. The number of nitrogens with zero attached hydrogens (tertiary/aromatic N) is 3. The van der Waals surface area contributed by atoms with Crippen LogP contribution in [0.25, 0.3) is 17.3 Å². The summed E-state index contributed by atoms with van der Waals surface area (Å²) < 4.78 is 41.2. The molecule has 0 unspecified atom stereocenters. The van der Waals surface area contributed by atoms with Crippen molar-refractivity contribution < 1.29 is 22.7 Å². The number of hydrogen-bond donors (Lipinski definition) is 0. The number of fused-ring (bicyclic) bond motifs is 1. The lowest BCUT2D eigenvalue weighted by Crippen LogP contribution is -2.40. The molecule has 38 heavy (non-hydrogen) atoms. The number of morpholine rings is 1. The van der Waals surface area contributed by atoms with Gasteiger partial charge in [0, 0.05) is 47.8 Å². The van der Waals surface area contributed by atoms with E-state index in [1.54, 1.807) is 23.1 Å². The zero-order chi connectivity index (χ0) is 27.0. The molecule has 2 aromatic carbocycles. The van der Waals surface area contributed by atoms with Gasteiger partial charge in [0.25, 0.3) is 5.91 Å². The Bertz CT molecular complexity index is 1500. The summed E-state index contributed by atoms with van der Waals surface area (Å²) in [7, 11) is -3.69. The SMILES string of the molecule is CCOc1ccc(-n2c(C)cc(C=C3C(=O)N(CC)c4ccc(S(=O)(=O)N5CCOCC5)cc43)c2C)cc1. The Morgan fingerprint density at radius 3 is 2.37 bits per heavy atom. The first-order chi connectivity index (χ1) is 18.3. The average Bonchev–Trinajstić information content (AvgIpc) is 3.36. The molecule has 200 valence electrons. The Morgan fingerprint density at radius 2 is 1.71 bits per heavy atom. The van der Waals surface area contributed by atoms with E-state index in [9.17, 15) is 13.2 Å². The molecule has 2 aliphatic heterocycles. The monoisotopic (exact) mass is 535 g/mol. The molecular weight excluding hydrogens is 502 g/mol. The molecule has 0 N–H and O–H groups in total. The second kappa shape index (κ2) is 10.4. The first-order valence-electron chi connectivity index (χ1n) is 12.9. The number of likely N-dealkylation sites (N-methyl/N-ethyl adjacent to an activating group) is 1. The molecule has 1 aromatic heterocycles. The van der Waals surface area contributed by atoms with Crippen LogP contribution in [0.3, 0.4) is 0 Å². The molecule has 1 amide bonds. The Kier molecular flexibility index (Phi) is 7.17. The molecule has 3 aromatic rings. The van der Waals surface area contributed by atoms with Gasteiger partial charge in [-0.15, -0.1) is 0 Å². The lowest BCUT2D eigenvalue weighted by Gasteiger charge is -2.26. The highest BCUT2D eigenvalue weighted by Gasteiger charge is 2.34. The molecule has 0 aliphatic carbocycles. The first-order valence-corrected chi connectivity index (χ1v) is 14.4. The van der Waals surface area contributed by atoms with Crippen LogP contribution in [0, 0.1) is 13.8 Å². The highest BCUT2D eigenvalue weighted by Crippen LogP contribution is 2.40. The standard InChI is InChI=1S/C29H33N3O5S/c1-5-31-28-12-11-25(38(34,35)30-13-15-36-16-14-30)19-26(28)27(29(31)33)18-22-17-20(3)32(21(22)4)23-7-9-24(10-8-23)37-6-2/h7-12,17-19H,5-6,13-16H2,1-4H3. The molecule has 1 saturated heterocycles. The maximum absolute atomic E-state index is 13.5. The fraction of sp³-hybridized carbons (Fsp3) is 0.345. The van der Waals surface area contributed by atoms with Crippen molar-refractivity contribution >= 4 is 33.3 Å². The van der Waals surface area contributed by atoms with Crippen molar-refractivity contribution in [3.8, 4) is 11.4 Å². The topological polar surface area (TPSA) is 81.1 Å². The molecule has 5 rings (SSSR count). The Morgan fingerprint density at radius 1 is 1.00 bits per heavy atom. The molecule has 0 spiro atoms. The summed E-state index contributed by atoms with van der Waals surface area (Å²) in [5.41, 5.74) is 5.78. The van der Waals surface area contributed by atoms with Crippen molar-refractivity contribution in [3.05, 3.63) is 71.0 Å². The van der Waals surface area contributed by atoms with Crippen LogP contribution in [0.2, 0.25) is 0 Å². The van der Waals surface area contributed by atoms with E-state index in [1.165, 1.54) is 4.31 Å². The number of carbonyl (C=O) groups is 1. The number of sulfonamides is 1. The van der Waals surface area contributed by atoms with E-state index in [-0.39, 0.29) is 10.8 Å². The zero-order valence-corrected chi connectivity index (χ0v) is 23.0. The summed E-state index contributed by atoms with van der Waals surface area (Å²) in [4.78, 5) is 15.4. The predicted molar refractivity (Wildman–Crippen MR) is 148 cm³/mol. The fourth-order valence-electron chi connectivity index (χ4n) is 5.23. The number of ether oxygens (including phenoxy) is 2. The Labute approximate surface area is 224 Å². The van der Waals surface area contributed by atoms with Gasteiger partial charge in [-0.2, -0.15) is 4.31 Å². The molecule has 0 saturated carbocycles. The summed E-state index contributed by atoms with van der Waals surface area (Å²) in [6.45, 7) is 10.4. The van der Waals surface area contributed by atoms with Gasteiger partial charge >= 0.3 is 0 Å². The smallest absolute Gasteiger partial charge is 0.258 e. The number of aryl methyl sites for hydroxylation is 1. The van der Waals surface area contributed by atoms with E-state index in [0.29, 0.717) is 50.6 Å². The minimum Gasteiger partial charge on any atom is -0.494 e. The molecular formula is C29H33N3O5S. The third-order valence-corrected chi connectivity index (χ3v) is 9.02. The van der Waals surface area contributed by atoms with Crippen molar-refractivity contribution in [1.82, 2.24) is 8.87 Å². The zero-order valence-electron chi connectivity index (χ0n) is 22.2. The van der Waals surface area contributed by atoms with Gasteiger partial charge in [-0.3, -0.25) is 4.79 Å². The van der Waals surface area contributed by atoms with Gasteiger partial charge in [0.2, 0.25) is 10.0 Å². The minimum atomic E-state index is -3.69. The Balaban J connectivity index is 1.56. The van der Waals surface area contributed by atoms with Crippen LogP contribution in [0.4, 0.5) is 5.69 Å². The number of anilines is 1. The van der Waals surface area contributed by atoms with Crippen LogP contribution in [0.5, 0.6) is 5.75 Å². The number of amides is 1. The van der Waals surface area contributed by atoms with Gasteiger partial charge in [0.05, 0.1) is 30.4 Å². The third kappa shape index (κ3) is 4.55. The number of carbonyl (C=O) groups excluding carboxylic acids is 1. The summed E-state index contributed by atoms with van der Waals surface area (Å²) in [6.07, 6.45) is 1.88. The van der Waals surface area contributed by atoms with E-state index in [4.69, 9.17) is 9.47 Å². The molecule has 1 fully saturated rings. The molecule has 0 bridgehead atoms. The van der Waals surface area contributed by atoms with Crippen LogP contribution in [0.1, 0.15) is 36.4 Å². The molecule has 0 radical (unpaired) electrons. The first kappa shape index (κ1) is 26.2. The van der Waals surface area contributed by atoms with Crippen LogP contribution in [-0.2, 0) is 19.6 Å². The highest BCUT2D eigenvalue weighted by molar-refractivity contribution is 7.89. The molecule has 2 aliphatic rings. The van der Waals surface area contributed by atoms with Gasteiger partial charge in [0.15, 0.2) is 0 Å². The lowest BCUT2D eigenvalue weighted by molar-refractivity contribution is -0.112. The fourth-order valence-corrected chi connectivity index (χ4v) is 6.67. The lowest BCUT2D eigenvalue weighted by atomic mass is 10.0. The quantitative estimate of drug-likeness (QED) is 0.419. The number of rotatable bonds is 7. The summed E-state index contributed by atoms with van der Waals surface area (Å²) in [6, 6.07) is 15.0. The highest BCUT2D eigenvalue weighted by atomic mass is 32.2. The van der Waals surface area contributed by atoms with E-state index < -0.39 is 10.0 Å². The molecule has 0 atom stereocenters. The number of hydrogen-bond acceptors (Lipinski definition) is 5. The van der Waals surface area contributed by atoms with Gasteiger partial charge in [0.1, 0.15) is 5.75 Å². The van der Waals surface area contributed by atoms with Crippen LogP contribution in [0.15, 0.2) is 53.4 Å². The van der Waals surface area contributed by atoms with E-state index in [1.807, 2.05) is 58.0 Å². The number of benzene rings is 2. The van der Waals surface area contributed by atoms with Crippen molar-refractivity contribution in [2.24, 2.45) is 0 Å². The second-order valence-electron chi connectivity index (χ2n) is 9.39. The molecule has 3 heterocycles. The number of aromatic nitrogens is 1. The van der Waals surface area contributed by atoms with Crippen LogP contribution < -0.4 is 9.64 Å². The molecule has 8 nitrogen and oxygen atoms in total. The summed E-state index contributed by atoms with van der Waals surface area (Å²) >= 11 is 0. The van der Waals surface area contributed by atoms with Gasteiger partial charge in [-0.25, -0.2) is 8.42 Å². The average molecular weight is 536 g/mol. The van der Waals surface area contributed by atoms with Crippen molar-refractivity contribution in [2.75, 3.05) is 44.4 Å². The van der Waals surface area contributed by atoms with Gasteiger partial charge in [-0.1, -0.05) is 0 Å². The largest absolute Gasteiger partial charge is 0.494 e. The maximum Gasteiger partial charge on any atom is 0.258 e. The van der Waals surface area contributed by atoms with E-state index in [0.717, 1.165) is 34.1 Å². The van der Waals surface area contributed by atoms with E-state index in [2.05, 4.69) is 10.6 Å². The Hall–Kier alpha value is -3.40. The second-order valence-corrected chi connectivity index (χ2v) is 11.3. The van der Waals surface area contributed by atoms with Gasteiger partial charge < -0.3 is 18.9 Å². The minimum absolute atomic E-state index is 0.130. The van der Waals surface area contributed by atoms with Crippen LogP contribution in [-0.4, -0.2) is 62.7 Å². The molecule has 9 heteroatoms. The van der Waals surface area contributed by atoms with E-state index >= 15 is 0 Å².